The predicted octanol–water partition coefficient (Wildman–Crippen LogP) is 12.3. The fourth-order valence-corrected chi connectivity index (χ4v) is 9.36. The van der Waals surface area contributed by atoms with E-state index in [9.17, 15) is 0 Å². The van der Waals surface area contributed by atoms with Gasteiger partial charge < -0.3 is 14.4 Å². The second-order valence-corrected chi connectivity index (χ2v) is 14.6. The number of para-hydroxylation sites is 1. The summed E-state index contributed by atoms with van der Waals surface area (Å²) in [5.41, 5.74) is 9.34. The van der Waals surface area contributed by atoms with E-state index in [4.69, 9.17) is 4.98 Å². The van der Waals surface area contributed by atoms with Gasteiger partial charge in [-0.3, -0.25) is 0 Å². The van der Waals surface area contributed by atoms with E-state index in [1.165, 1.54) is 95.9 Å². The monoisotopic (exact) mass is 852 g/mol. The van der Waals surface area contributed by atoms with Crippen molar-refractivity contribution < 1.29 is 20.1 Å². The van der Waals surface area contributed by atoms with E-state index < -0.39 is 0 Å². The van der Waals surface area contributed by atoms with Crippen LogP contribution in [0, 0.1) is 18.1 Å². The van der Waals surface area contributed by atoms with Crippen molar-refractivity contribution in [3.05, 3.63) is 151 Å². The van der Waals surface area contributed by atoms with Crippen LogP contribution in [0.15, 0.2) is 134 Å². The topological polar surface area (TPSA) is 30.2 Å². The maximum absolute atomic E-state index is 4.77. The van der Waals surface area contributed by atoms with Crippen molar-refractivity contribution in [2.75, 3.05) is 0 Å². The standard InChI is InChI=1S/C35H25N2S.C11H8N.Ir/c1-2-7-21(6-1)18-22-16-17-36-28(19-22)23-12-13-29-27(20-23)24-9-5-10-26-33-30(37(29)35(24)26)14-15-32-34(33)25-8-3-4-11-31(25)38-32;1-2-6-10(7-3-1)11-8-4-5-9-12-11;/h3-5,8-11,13-17,19-21H,1-2,6-7,18H2;1-6,8-9H;/q2*-1;. The molecule has 0 atom stereocenters. The molecular formula is C46H33IrN3S-2. The number of aromatic nitrogens is 3. The molecule has 0 spiro atoms. The molecule has 1 saturated carbocycles. The summed E-state index contributed by atoms with van der Waals surface area (Å²) in [4.78, 5) is 8.98. The van der Waals surface area contributed by atoms with Gasteiger partial charge in [0.2, 0.25) is 0 Å². The second kappa shape index (κ2) is 13.3. The average molecular weight is 852 g/mol. The molecule has 10 aromatic rings. The van der Waals surface area contributed by atoms with Gasteiger partial charge in [0.05, 0.1) is 5.52 Å². The number of pyridine rings is 2. The minimum atomic E-state index is 0. The largest absolute Gasteiger partial charge is 0.350 e. The minimum Gasteiger partial charge on any atom is -0.350 e. The summed E-state index contributed by atoms with van der Waals surface area (Å²) in [6.45, 7) is 0. The zero-order valence-electron chi connectivity index (χ0n) is 27.9. The fraction of sp³-hybridized carbons (Fsp3) is 0.130. The first kappa shape index (κ1) is 32.0. The molecule has 3 nitrogen and oxygen atoms in total. The summed E-state index contributed by atoms with van der Waals surface area (Å²) >= 11 is 1.89. The number of thiophene rings is 1. The molecule has 249 valence electrons. The van der Waals surface area contributed by atoms with Gasteiger partial charge in [-0.2, -0.15) is 0 Å². The molecule has 5 aromatic carbocycles. The number of nitrogens with zero attached hydrogens (tertiary/aromatic N) is 3. The molecule has 0 bridgehead atoms. The van der Waals surface area contributed by atoms with Gasteiger partial charge in [0.1, 0.15) is 0 Å². The Hall–Kier alpha value is -4.93. The molecule has 11 rings (SSSR count). The Morgan fingerprint density at radius 1 is 0.627 bits per heavy atom. The van der Waals surface area contributed by atoms with Crippen LogP contribution in [0.3, 0.4) is 0 Å². The Morgan fingerprint density at radius 3 is 2.31 bits per heavy atom. The van der Waals surface area contributed by atoms with Crippen molar-refractivity contribution in [2.45, 2.75) is 32.1 Å². The number of hydrogen-bond acceptors (Lipinski definition) is 3. The number of rotatable bonds is 4. The fourth-order valence-electron chi connectivity index (χ4n) is 8.24. The summed E-state index contributed by atoms with van der Waals surface area (Å²) in [7, 11) is 0. The van der Waals surface area contributed by atoms with Crippen LogP contribution in [-0.4, -0.2) is 14.4 Å². The first-order valence-corrected chi connectivity index (χ1v) is 18.4. The summed E-state index contributed by atoms with van der Waals surface area (Å²) in [5, 5.41) is 8.03. The van der Waals surface area contributed by atoms with E-state index in [0.717, 1.165) is 28.4 Å². The third-order valence-electron chi connectivity index (χ3n) is 10.5. The first-order chi connectivity index (χ1) is 24.8. The SMILES string of the molecule is [Ir].[c-]1cc2c(cc1-c1cc(CC3CCCC3)ccn1)c1cccc3c4c5c(ccc4n2c13)sc1ccccc15.[c-]1ccccc1-c1ccccn1. The molecule has 0 aliphatic heterocycles. The smallest absolute Gasteiger partial charge is 0.0516 e. The molecular weight excluding hydrogens is 819 g/mol. The number of hydrogen-bond donors (Lipinski definition) is 0. The van der Waals surface area contributed by atoms with E-state index >= 15 is 0 Å². The van der Waals surface area contributed by atoms with Crippen molar-refractivity contribution in [1.82, 2.24) is 14.4 Å². The third-order valence-corrected chi connectivity index (χ3v) is 11.6. The molecule has 0 unspecified atom stereocenters. The summed E-state index contributed by atoms with van der Waals surface area (Å²) in [6.07, 6.45) is 10.4. The van der Waals surface area contributed by atoms with Crippen LogP contribution in [0.5, 0.6) is 0 Å². The van der Waals surface area contributed by atoms with Crippen LogP contribution in [-0.2, 0) is 26.5 Å². The van der Waals surface area contributed by atoms with Crippen LogP contribution in [0.25, 0.3) is 80.8 Å². The van der Waals surface area contributed by atoms with Crippen molar-refractivity contribution >= 4 is 69.6 Å². The van der Waals surface area contributed by atoms with Crippen LogP contribution in [0.4, 0.5) is 0 Å². The minimum absolute atomic E-state index is 0. The Labute approximate surface area is 314 Å². The summed E-state index contributed by atoms with van der Waals surface area (Å²) < 4.78 is 5.17. The molecule has 1 aliphatic rings. The van der Waals surface area contributed by atoms with E-state index in [-0.39, 0.29) is 20.1 Å². The molecule has 5 heteroatoms. The summed E-state index contributed by atoms with van der Waals surface area (Å²) in [6, 6.07) is 49.7. The van der Waals surface area contributed by atoms with E-state index in [0.29, 0.717) is 0 Å². The van der Waals surface area contributed by atoms with Gasteiger partial charge in [0.25, 0.3) is 0 Å². The molecule has 1 aliphatic carbocycles. The predicted molar refractivity (Wildman–Crippen MR) is 210 cm³/mol. The normalized spacial score (nSPS) is 13.4. The maximum atomic E-state index is 4.77. The summed E-state index contributed by atoms with van der Waals surface area (Å²) in [5.74, 6) is 0.831. The van der Waals surface area contributed by atoms with Gasteiger partial charge >= 0.3 is 0 Å². The van der Waals surface area contributed by atoms with Crippen LogP contribution in [0.2, 0.25) is 0 Å². The van der Waals surface area contributed by atoms with Gasteiger partial charge in [-0.1, -0.05) is 91.2 Å². The maximum Gasteiger partial charge on any atom is 0.0516 e. The first-order valence-electron chi connectivity index (χ1n) is 17.6. The molecule has 5 heterocycles. The molecule has 0 amide bonds. The zero-order valence-corrected chi connectivity index (χ0v) is 31.1. The second-order valence-electron chi connectivity index (χ2n) is 13.5. The van der Waals surface area contributed by atoms with E-state index in [2.05, 4.69) is 100 Å². The van der Waals surface area contributed by atoms with Crippen molar-refractivity contribution in [3.63, 3.8) is 0 Å². The Bertz CT molecular complexity index is 2760. The van der Waals surface area contributed by atoms with Gasteiger partial charge in [0.15, 0.2) is 0 Å². The molecule has 51 heavy (non-hydrogen) atoms. The molecule has 5 aromatic heterocycles. The van der Waals surface area contributed by atoms with Crippen LogP contribution >= 0.6 is 11.3 Å². The van der Waals surface area contributed by atoms with Crippen molar-refractivity contribution in [2.24, 2.45) is 5.92 Å². The van der Waals surface area contributed by atoms with Gasteiger partial charge in [-0.15, -0.1) is 71.0 Å². The Balaban J connectivity index is 0.000000228. The van der Waals surface area contributed by atoms with Gasteiger partial charge in [-0.25, -0.2) is 0 Å². The van der Waals surface area contributed by atoms with Crippen LogP contribution < -0.4 is 0 Å². The number of fused-ring (bicyclic) bond motifs is 10. The van der Waals surface area contributed by atoms with E-state index in [1.54, 1.807) is 6.20 Å². The van der Waals surface area contributed by atoms with Gasteiger partial charge in [0, 0.05) is 69.0 Å². The number of benzene rings is 5. The Kier molecular flexibility index (Phi) is 8.36. The molecule has 1 radical (unpaired) electrons. The van der Waals surface area contributed by atoms with Crippen molar-refractivity contribution in [1.29, 1.82) is 0 Å². The van der Waals surface area contributed by atoms with Crippen molar-refractivity contribution in [3.8, 4) is 22.5 Å². The van der Waals surface area contributed by atoms with Gasteiger partial charge in [-0.05, 0) is 65.0 Å². The van der Waals surface area contributed by atoms with E-state index in [1.807, 2.05) is 60.0 Å². The van der Waals surface area contributed by atoms with Crippen LogP contribution in [0.1, 0.15) is 31.2 Å². The molecule has 1 fully saturated rings. The zero-order chi connectivity index (χ0) is 33.0. The quantitative estimate of drug-likeness (QED) is 0.165. The molecule has 0 N–H and O–H groups in total. The average Bonchev–Trinajstić information content (AvgIpc) is 3.97. The molecule has 0 saturated heterocycles. The Morgan fingerprint density at radius 2 is 1.45 bits per heavy atom. The third kappa shape index (κ3) is 5.52.